The molecule has 1 N–H and O–H groups in total. The average molecular weight is 303 g/mol. The van der Waals surface area contributed by atoms with Gasteiger partial charge in [-0.25, -0.2) is 8.42 Å². The van der Waals surface area contributed by atoms with E-state index in [1.807, 2.05) is 13.8 Å². The molecule has 6 nitrogen and oxygen atoms in total. The quantitative estimate of drug-likeness (QED) is 0.646. The lowest BCUT2D eigenvalue weighted by Crippen LogP contribution is -2.19. The van der Waals surface area contributed by atoms with Crippen molar-refractivity contribution in [1.29, 1.82) is 0 Å². The van der Waals surface area contributed by atoms with Crippen LogP contribution in [0, 0.1) is 6.92 Å². The molecule has 1 rings (SSSR count). The molecule has 0 fully saturated rings. The van der Waals surface area contributed by atoms with E-state index < -0.39 is 9.84 Å². The summed E-state index contributed by atoms with van der Waals surface area (Å²) in [4.78, 5) is 0. The zero-order chi connectivity index (χ0) is 15.0. The monoisotopic (exact) mass is 303 g/mol. The molecule has 116 valence electrons. The fourth-order valence-electron chi connectivity index (χ4n) is 1.92. The Morgan fingerprint density at radius 3 is 2.80 bits per heavy atom. The van der Waals surface area contributed by atoms with Crippen molar-refractivity contribution in [1.82, 2.24) is 15.1 Å². The molecule has 20 heavy (non-hydrogen) atoms. The van der Waals surface area contributed by atoms with E-state index in [-0.39, 0.29) is 11.5 Å². The van der Waals surface area contributed by atoms with Crippen molar-refractivity contribution in [2.45, 2.75) is 33.4 Å². The molecule has 0 aliphatic rings. The summed E-state index contributed by atoms with van der Waals surface area (Å²) in [6.45, 7) is 6.44. The van der Waals surface area contributed by atoms with Crippen molar-refractivity contribution in [3.8, 4) is 0 Å². The lowest BCUT2D eigenvalue weighted by atomic mass is 10.2. The van der Waals surface area contributed by atoms with Crippen LogP contribution in [0.5, 0.6) is 0 Å². The van der Waals surface area contributed by atoms with Crippen LogP contribution in [-0.4, -0.2) is 50.0 Å². The molecule has 0 saturated heterocycles. The second-order valence-electron chi connectivity index (χ2n) is 4.80. The molecule has 1 heterocycles. The fourth-order valence-corrected chi connectivity index (χ4v) is 3.20. The van der Waals surface area contributed by atoms with E-state index in [4.69, 9.17) is 4.74 Å². The van der Waals surface area contributed by atoms with Crippen molar-refractivity contribution in [3.63, 3.8) is 0 Å². The largest absolute Gasteiger partial charge is 0.383 e. The molecule has 0 saturated carbocycles. The standard InChI is InChI=1S/C13H25N3O3S/c1-4-8-20(17,18)9-6-16-12(2)13(11-15-16)10-14-5-7-19-3/h11,14H,4-10H2,1-3H3. The maximum absolute atomic E-state index is 11.7. The minimum absolute atomic E-state index is 0.153. The van der Waals surface area contributed by atoms with Crippen LogP contribution in [0.25, 0.3) is 0 Å². The summed E-state index contributed by atoms with van der Waals surface area (Å²) in [6, 6.07) is 0. The van der Waals surface area contributed by atoms with E-state index in [1.54, 1.807) is 18.0 Å². The molecule has 0 aliphatic carbocycles. The molecule has 7 heteroatoms. The van der Waals surface area contributed by atoms with Gasteiger partial charge < -0.3 is 10.1 Å². The summed E-state index contributed by atoms with van der Waals surface area (Å²) in [5, 5.41) is 7.51. The Morgan fingerprint density at radius 2 is 2.15 bits per heavy atom. The maximum atomic E-state index is 11.7. The molecule has 1 aromatic heterocycles. The lowest BCUT2D eigenvalue weighted by Gasteiger charge is -2.07. The van der Waals surface area contributed by atoms with Crippen LogP contribution in [0.15, 0.2) is 6.20 Å². The van der Waals surface area contributed by atoms with Gasteiger partial charge in [-0.05, 0) is 13.3 Å². The molecule has 0 bridgehead atoms. The van der Waals surface area contributed by atoms with Gasteiger partial charge in [0.1, 0.15) is 0 Å². The fraction of sp³-hybridized carbons (Fsp3) is 0.769. The first kappa shape index (κ1) is 17.1. The minimum Gasteiger partial charge on any atom is -0.383 e. The van der Waals surface area contributed by atoms with Crippen LogP contribution < -0.4 is 5.32 Å². The Labute approximate surface area is 121 Å². The summed E-state index contributed by atoms with van der Waals surface area (Å²) >= 11 is 0. The third-order valence-electron chi connectivity index (χ3n) is 3.13. The summed E-state index contributed by atoms with van der Waals surface area (Å²) in [5.74, 6) is 0.401. The van der Waals surface area contributed by atoms with E-state index in [0.29, 0.717) is 19.6 Å². The van der Waals surface area contributed by atoms with E-state index in [1.165, 1.54) is 0 Å². The highest BCUT2D eigenvalue weighted by atomic mass is 32.2. The second-order valence-corrected chi connectivity index (χ2v) is 7.10. The third-order valence-corrected chi connectivity index (χ3v) is 4.97. The number of nitrogens with zero attached hydrogens (tertiary/aromatic N) is 2. The zero-order valence-corrected chi connectivity index (χ0v) is 13.4. The van der Waals surface area contributed by atoms with E-state index in [2.05, 4.69) is 10.4 Å². The Hall–Kier alpha value is -0.920. The van der Waals surface area contributed by atoms with Gasteiger partial charge in [-0.2, -0.15) is 5.10 Å². The smallest absolute Gasteiger partial charge is 0.152 e. The number of aryl methyl sites for hydroxylation is 1. The molecule has 0 aliphatic heterocycles. The number of aromatic nitrogens is 2. The molecule has 1 aromatic rings. The molecule has 0 radical (unpaired) electrons. The van der Waals surface area contributed by atoms with Gasteiger partial charge in [0.15, 0.2) is 9.84 Å². The van der Waals surface area contributed by atoms with Crippen molar-refractivity contribution in [3.05, 3.63) is 17.5 Å². The molecule has 0 spiro atoms. The number of sulfone groups is 1. The molecule has 0 aromatic carbocycles. The van der Waals surface area contributed by atoms with Crippen LogP contribution in [0.1, 0.15) is 24.6 Å². The predicted molar refractivity (Wildman–Crippen MR) is 79.5 cm³/mol. The van der Waals surface area contributed by atoms with Crippen molar-refractivity contribution >= 4 is 9.84 Å². The SMILES string of the molecule is CCCS(=O)(=O)CCn1ncc(CNCCOC)c1C. The van der Waals surface area contributed by atoms with Gasteiger partial charge >= 0.3 is 0 Å². The molecular weight excluding hydrogens is 278 g/mol. The first-order valence-corrected chi connectivity index (χ1v) is 8.73. The second kappa shape index (κ2) is 8.39. The number of nitrogens with one attached hydrogen (secondary N) is 1. The van der Waals surface area contributed by atoms with Crippen LogP contribution in [-0.2, 0) is 27.7 Å². The van der Waals surface area contributed by atoms with Gasteiger partial charge in [-0.15, -0.1) is 0 Å². The normalized spacial score (nSPS) is 11.9. The average Bonchev–Trinajstić information content (AvgIpc) is 2.74. The third kappa shape index (κ3) is 5.60. The lowest BCUT2D eigenvalue weighted by molar-refractivity contribution is 0.199. The number of ether oxygens (including phenoxy) is 1. The Balaban J connectivity index is 2.50. The van der Waals surface area contributed by atoms with Crippen molar-refractivity contribution < 1.29 is 13.2 Å². The first-order valence-electron chi connectivity index (χ1n) is 6.91. The minimum atomic E-state index is -2.95. The Bertz CT molecular complexity index is 497. The van der Waals surface area contributed by atoms with Crippen LogP contribution >= 0.6 is 0 Å². The summed E-state index contributed by atoms with van der Waals surface area (Å²) < 4.78 is 30.1. The number of rotatable bonds is 10. The van der Waals surface area contributed by atoms with E-state index in [0.717, 1.165) is 24.3 Å². The molecule has 0 amide bonds. The topological polar surface area (TPSA) is 73.2 Å². The Morgan fingerprint density at radius 1 is 1.40 bits per heavy atom. The number of methoxy groups -OCH3 is 1. The van der Waals surface area contributed by atoms with Gasteiger partial charge in [0.2, 0.25) is 0 Å². The van der Waals surface area contributed by atoms with Gasteiger partial charge in [0.25, 0.3) is 0 Å². The van der Waals surface area contributed by atoms with Crippen LogP contribution in [0.3, 0.4) is 0 Å². The summed E-state index contributed by atoms with van der Waals surface area (Å²) in [5.41, 5.74) is 2.11. The molecule has 0 atom stereocenters. The van der Waals surface area contributed by atoms with Crippen LogP contribution in [0.4, 0.5) is 0 Å². The van der Waals surface area contributed by atoms with Gasteiger partial charge in [0.05, 0.1) is 25.1 Å². The van der Waals surface area contributed by atoms with Crippen molar-refractivity contribution in [2.24, 2.45) is 0 Å². The first-order chi connectivity index (χ1) is 9.50. The summed E-state index contributed by atoms with van der Waals surface area (Å²) in [6.07, 6.45) is 2.46. The van der Waals surface area contributed by atoms with E-state index >= 15 is 0 Å². The van der Waals surface area contributed by atoms with Crippen molar-refractivity contribution in [2.75, 3.05) is 31.8 Å². The Kier molecular flexibility index (Phi) is 7.18. The molecular formula is C13H25N3O3S. The predicted octanol–water partition coefficient (Wildman–Crippen LogP) is 0.752. The van der Waals surface area contributed by atoms with E-state index in [9.17, 15) is 8.42 Å². The molecule has 0 unspecified atom stereocenters. The zero-order valence-electron chi connectivity index (χ0n) is 12.6. The summed E-state index contributed by atoms with van der Waals surface area (Å²) in [7, 11) is -1.29. The highest BCUT2D eigenvalue weighted by molar-refractivity contribution is 7.91. The van der Waals surface area contributed by atoms with Gasteiger partial charge in [-0.1, -0.05) is 6.92 Å². The van der Waals surface area contributed by atoms with Gasteiger partial charge in [-0.3, -0.25) is 4.68 Å². The van der Waals surface area contributed by atoms with Crippen LogP contribution in [0.2, 0.25) is 0 Å². The highest BCUT2D eigenvalue weighted by Gasteiger charge is 2.12. The highest BCUT2D eigenvalue weighted by Crippen LogP contribution is 2.07. The van der Waals surface area contributed by atoms with Gasteiger partial charge in [0, 0.05) is 37.2 Å². The number of hydrogen-bond acceptors (Lipinski definition) is 5. The number of hydrogen-bond donors (Lipinski definition) is 1. The maximum Gasteiger partial charge on any atom is 0.152 e.